The lowest BCUT2D eigenvalue weighted by Gasteiger charge is -2.15. The normalized spacial score (nSPS) is 14.3. The van der Waals surface area contributed by atoms with Gasteiger partial charge in [-0.05, 0) is 65.6 Å². The van der Waals surface area contributed by atoms with Gasteiger partial charge in [-0.1, -0.05) is 77.8 Å². The maximum Gasteiger partial charge on any atom is 0.329 e. The summed E-state index contributed by atoms with van der Waals surface area (Å²) in [5.74, 6) is 0.480. The van der Waals surface area contributed by atoms with E-state index in [0.29, 0.717) is 35.3 Å². The average Bonchev–Trinajstić information content (AvgIpc) is 3.16. The number of hydrogen-bond donors (Lipinski definition) is 1. The molecule has 1 N–H and O–H groups in total. The SMILES string of the molecule is CCOc1cc(/C=C2/NC(=O)N(Cc3ccc(C)cc3)C2=O)cc(Cl)c1OCc1ccc2ccccc2c1. The van der Waals surface area contributed by atoms with Crippen LogP contribution in [-0.2, 0) is 17.9 Å². The molecule has 0 radical (unpaired) electrons. The molecular weight excluding hydrogens is 500 g/mol. The monoisotopic (exact) mass is 526 g/mol. The van der Waals surface area contributed by atoms with Crippen LogP contribution in [0, 0.1) is 6.92 Å². The maximum atomic E-state index is 13.0. The van der Waals surface area contributed by atoms with Gasteiger partial charge in [0.2, 0.25) is 0 Å². The zero-order valence-corrected chi connectivity index (χ0v) is 21.9. The quantitative estimate of drug-likeness (QED) is 0.201. The van der Waals surface area contributed by atoms with Crippen molar-refractivity contribution in [3.8, 4) is 11.5 Å². The maximum absolute atomic E-state index is 13.0. The first-order valence-corrected chi connectivity index (χ1v) is 12.8. The largest absolute Gasteiger partial charge is 0.490 e. The van der Waals surface area contributed by atoms with Crippen molar-refractivity contribution < 1.29 is 19.1 Å². The van der Waals surface area contributed by atoms with Crippen LogP contribution >= 0.6 is 11.6 Å². The van der Waals surface area contributed by atoms with Gasteiger partial charge >= 0.3 is 6.03 Å². The molecule has 0 atom stereocenters. The van der Waals surface area contributed by atoms with Crippen molar-refractivity contribution >= 4 is 40.4 Å². The molecule has 0 saturated carbocycles. The molecular formula is C31H27ClN2O4. The number of carbonyl (C=O) groups is 2. The van der Waals surface area contributed by atoms with Gasteiger partial charge in [-0.25, -0.2) is 4.79 Å². The molecule has 4 aromatic carbocycles. The van der Waals surface area contributed by atoms with Crippen LogP contribution in [0.3, 0.4) is 0 Å². The smallest absolute Gasteiger partial charge is 0.329 e. The average molecular weight is 527 g/mol. The Labute approximate surface area is 226 Å². The molecule has 0 aromatic heterocycles. The first-order chi connectivity index (χ1) is 18.4. The Balaban J connectivity index is 1.35. The summed E-state index contributed by atoms with van der Waals surface area (Å²) in [6, 6.07) is 25.0. The number of aryl methyl sites for hydroxylation is 1. The van der Waals surface area contributed by atoms with E-state index in [-0.39, 0.29) is 12.2 Å². The van der Waals surface area contributed by atoms with Crippen molar-refractivity contribution in [2.75, 3.05) is 6.61 Å². The highest BCUT2D eigenvalue weighted by Crippen LogP contribution is 2.38. The van der Waals surface area contributed by atoms with Crippen LogP contribution in [0.4, 0.5) is 4.79 Å². The van der Waals surface area contributed by atoms with Gasteiger partial charge in [-0.15, -0.1) is 0 Å². The molecule has 5 rings (SSSR count). The minimum Gasteiger partial charge on any atom is -0.490 e. The Morgan fingerprint density at radius 2 is 1.63 bits per heavy atom. The number of nitrogens with zero attached hydrogens (tertiary/aromatic N) is 1. The van der Waals surface area contributed by atoms with E-state index in [9.17, 15) is 9.59 Å². The summed E-state index contributed by atoms with van der Waals surface area (Å²) in [6.45, 7) is 4.76. The number of imide groups is 1. The van der Waals surface area contributed by atoms with E-state index < -0.39 is 11.9 Å². The lowest BCUT2D eigenvalue weighted by atomic mass is 10.1. The van der Waals surface area contributed by atoms with Crippen molar-refractivity contribution in [2.24, 2.45) is 0 Å². The van der Waals surface area contributed by atoms with Gasteiger partial charge in [0.05, 0.1) is 18.2 Å². The number of ether oxygens (including phenoxy) is 2. The molecule has 6 nitrogen and oxygen atoms in total. The molecule has 1 heterocycles. The number of fused-ring (bicyclic) bond motifs is 1. The summed E-state index contributed by atoms with van der Waals surface area (Å²) in [5, 5.41) is 5.30. The van der Waals surface area contributed by atoms with Gasteiger partial charge in [-0.3, -0.25) is 9.69 Å². The van der Waals surface area contributed by atoms with Crippen LogP contribution in [-0.4, -0.2) is 23.4 Å². The predicted molar refractivity (Wildman–Crippen MR) is 149 cm³/mol. The molecule has 7 heteroatoms. The first-order valence-electron chi connectivity index (χ1n) is 12.4. The highest BCUT2D eigenvalue weighted by atomic mass is 35.5. The fourth-order valence-corrected chi connectivity index (χ4v) is 4.59. The van der Waals surface area contributed by atoms with Crippen LogP contribution in [0.25, 0.3) is 16.8 Å². The Morgan fingerprint density at radius 3 is 2.39 bits per heavy atom. The van der Waals surface area contributed by atoms with Gasteiger partial charge in [0.15, 0.2) is 11.5 Å². The van der Waals surface area contributed by atoms with Crippen LogP contribution < -0.4 is 14.8 Å². The van der Waals surface area contributed by atoms with Crippen molar-refractivity contribution in [3.63, 3.8) is 0 Å². The molecule has 0 aliphatic carbocycles. The van der Waals surface area contributed by atoms with Crippen LogP contribution in [0.5, 0.6) is 11.5 Å². The summed E-state index contributed by atoms with van der Waals surface area (Å²) in [4.78, 5) is 26.7. The van der Waals surface area contributed by atoms with Gasteiger partial charge in [0.1, 0.15) is 12.3 Å². The van der Waals surface area contributed by atoms with Crippen molar-refractivity contribution in [1.29, 1.82) is 0 Å². The third-order valence-electron chi connectivity index (χ3n) is 6.26. The summed E-state index contributed by atoms with van der Waals surface area (Å²) in [7, 11) is 0. The van der Waals surface area contributed by atoms with E-state index >= 15 is 0 Å². The number of benzene rings is 4. The molecule has 1 aliphatic rings. The van der Waals surface area contributed by atoms with E-state index in [1.807, 2.05) is 56.3 Å². The second-order valence-corrected chi connectivity index (χ2v) is 9.51. The zero-order valence-electron chi connectivity index (χ0n) is 21.2. The topological polar surface area (TPSA) is 67.9 Å². The fourth-order valence-electron chi connectivity index (χ4n) is 4.32. The van der Waals surface area contributed by atoms with Gasteiger partial charge in [-0.2, -0.15) is 0 Å². The van der Waals surface area contributed by atoms with Crippen molar-refractivity contribution in [2.45, 2.75) is 27.0 Å². The molecule has 38 heavy (non-hydrogen) atoms. The van der Waals surface area contributed by atoms with Gasteiger partial charge in [0.25, 0.3) is 5.91 Å². The van der Waals surface area contributed by atoms with Crippen LogP contribution in [0.1, 0.15) is 29.2 Å². The fraction of sp³-hybridized carbons (Fsp3) is 0.161. The molecule has 1 fully saturated rings. The Hall–Kier alpha value is -4.29. The molecule has 4 aromatic rings. The second kappa shape index (κ2) is 11.0. The lowest BCUT2D eigenvalue weighted by molar-refractivity contribution is -0.123. The molecule has 1 saturated heterocycles. The van der Waals surface area contributed by atoms with E-state index in [4.69, 9.17) is 21.1 Å². The highest BCUT2D eigenvalue weighted by molar-refractivity contribution is 6.32. The molecule has 0 bridgehead atoms. The third-order valence-corrected chi connectivity index (χ3v) is 6.54. The molecule has 1 aliphatic heterocycles. The van der Waals surface area contributed by atoms with E-state index in [1.165, 1.54) is 4.90 Å². The Bertz CT molecular complexity index is 1550. The number of urea groups is 1. The van der Waals surface area contributed by atoms with Gasteiger partial charge < -0.3 is 14.8 Å². The lowest BCUT2D eigenvalue weighted by Crippen LogP contribution is -2.30. The molecule has 0 unspecified atom stereocenters. The molecule has 192 valence electrons. The van der Waals surface area contributed by atoms with Crippen molar-refractivity contribution in [3.05, 3.63) is 112 Å². The summed E-state index contributed by atoms with van der Waals surface area (Å²) in [5.41, 5.74) is 3.76. The Kier molecular flexibility index (Phi) is 7.33. The van der Waals surface area contributed by atoms with Gasteiger partial charge in [0, 0.05) is 0 Å². The number of hydrogen-bond acceptors (Lipinski definition) is 4. The van der Waals surface area contributed by atoms with Crippen LogP contribution in [0.2, 0.25) is 5.02 Å². The van der Waals surface area contributed by atoms with Crippen LogP contribution in [0.15, 0.2) is 84.6 Å². The number of rotatable bonds is 8. The summed E-state index contributed by atoms with van der Waals surface area (Å²) < 4.78 is 11.9. The van der Waals surface area contributed by atoms with Crippen molar-refractivity contribution in [1.82, 2.24) is 10.2 Å². The Morgan fingerprint density at radius 1 is 0.895 bits per heavy atom. The number of amides is 3. The third kappa shape index (κ3) is 5.50. The summed E-state index contributed by atoms with van der Waals surface area (Å²) >= 11 is 6.61. The number of nitrogens with one attached hydrogen (secondary N) is 1. The van der Waals surface area contributed by atoms with E-state index in [2.05, 4.69) is 29.6 Å². The second-order valence-electron chi connectivity index (χ2n) is 9.10. The minimum absolute atomic E-state index is 0.172. The summed E-state index contributed by atoms with van der Waals surface area (Å²) in [6.07, 6.45) is 1.59. The number of carbonyl (C=O) groups excluding carboxylic acids is 2. The molecule has 3 amide bonds. The minimum atomic E-state index is -0.465. The number of halogens is 1. The van der Waals surface area contributed by atoms with E-state index in [1.54, 1.807) is 18.2 Å². The zero-order chi connectivity index (χ0) is 26.6. The standard InChI is InChI=1S/C31H27ClN2O4/c1-3-37-28-17-23(16-27-30(35)34(31(36)33-27)18-21-10-8-20(2)9-11-21)15-26(32)29(28)38-19-22-12-13-24-6-4-5-7-25(24)14-22/h4-17H,3,18-19H2,1-2H3,(H,33,36)/b27-16+. The highest BCUT2D eigenvalue weighted by Gasteiger charge is 2.33. The molecule has 0 spiro atoms. The first kappa shape index (κ1) is 25.4. The van der Waals surface area contributed by atoms with E-state index in [0.717, 1.165) is 27.5 Å². The predicted octanol–water partition coefficient (Wildman–Crippen LogP) is 6.87.